The van der Waals surface area contributed by atoms with Gasteiger partial charge in [-0.15, -0.1) is 0 Å². The first-order valence-electron chi connectivity index (χ1n) is 12.5. The van der Waals surface area contributed by atoms with Crippen LogP contribution in [0.1, 0.15) is 31.0 Å². The summed E-state index contributed by atoms with van der Waals surface area (Å²) in [6.45, 7) is 3.89. The zero-order chi connectivity index (χ0) is 30.2. The van der Waals surface area contributed by atoms with E-state index in [0.29, 0.717) is 19.6 Å². The number of carboxylic acid groups (broad SMARTS) is 3. The number of carboxylic acids is 3. The molecule has 1 aliphatic rings. The number of ether oxygens (including phenoxy) is 3. The summed E-state index contributed by atoms with van der Waals surface area (Å²) >= 11 is 0. The van der Waals surface area contributed by atoms with Crippen LogP contribution in [0.4, 0.5) is 0 Å². The molecule has 1 aromatic heterocycles. The van der Waals surface area contributed by atoms with Gasteiger partial charge in [0, 0.05) is 25.0 Å². The first-order valence-corrected chi connectivity index (χ1v) is 12.5. The van der Waals surface area contributed by atoms with E-state index in [2.05, 4.69) is 11.0 Å². The Morgan fingerprint density at radius 1 is 1.00 bits per heavy atom. The average molecular weight is 573 g/mol. The van der Waals surface area contributed by atoms with Crippen molar-refractivity contribution in [2.24, 2.45) is 0 Å². The second-order valence-corrected chi connectivity index (χ2v) is 9.52. The molecule has 1 aliphatic heterocycles. The van der Waals surface area contributed by atoms with Crippen LogP contribution in [0.25, 0.3) is 10.9 Å². The number of carbonyl (C=O) groups is 3. The molecule has 0 bridgehead atoms. The number of aliphatic hydroxyl groups excluding tert-OH is 1. The molecule has 2 heterocycles. The number of para-hydroxylation sites is 1. The second kappa shape index (κ2) is 13.7. The van der Waals surface area contributed by atoms with Crippen LogP contribution in [0.2, 0.25) is 0 Å². The molecule has 1 unspecified atom stereocenters. The SMILES string of the molecule is COc1cccc2ccc(CN(Cc3ccc4c(c3)OCO4)CC(C)O)nc12.O=C(O)CC(O)(CC(=O)O)C(=O)O. The molecule has 13 heteroatoms. The predicted molar refractivity (Wildman–Crippen MR) is 144 cm³/mol. The summed E-state index contributed by atoms with van der Waals surface area (Å²) in [7, 11) is 1.66. The Morgan fingerprint density at radius 3 is 2.29 bits per heavy atom. The van der Waals surface area contributed by atoms with E-state index in [4.69, 9.17) is 39.6 Å². The molecule has 5 N–H and O–H groups in total. The smallest absolute Gasteiger partial charge is 0.336 e. The quantitative estimate of drug-likeness (QED) is 0.212. The maximum Gasteiger partial charge on any atom is 0.336 e. The van der Waals surface area contributed by atoms with Crippen LogP contribution >= 0.6 is 0 Å². The third-order valence-electron chi connectivity index (χ3n) is 6.00. The molecule has 41 heavy (non-hydrogen) atoms. The normalized spacial score (nSPS) is 12.9. The number of methoxy groups -OCH3 is 1. The van der Waals surface area contributed by atoms with E-state index in [9.17, 15) is 19.5 Å². The minimum Gasteiger partial charge on any atom is -0.494 e. The number of benzene rings is 2. The van der Waals surface area contributed by atoms with Crippen molar-refractivity contribution >= 4 is 28.8 Å². The Bertz CT molecular complexity index is 1380. The summed E-state index contributed by atoms with van der Waals surface area (Å²) in [5, 5.41) is 44.8. The van der Waals surface area contributed by atoms with E-state index in [1.165, 1.54) is 0 Å². The highest BCUT2D eigenvalue weighted by Crippen LogP contribution is 2.33. The van der Waals surface area contributed by atoms with Crippen molar-refractivity contribution in [2.45, 2.75) is 44.6 Å². The molecular formula is C28H32N2O11. The van der Waals surface area contributed by atoms with Crippen molar-refractivity contribution in [2.75, 3.05) is 20.4 Å². The second-order valence-electron chi connectivity index (χ2n) is 9.52. The van der Waals surface area contributed by atoms with Crippen LogP contribution in [-0.4, -0.2) is 85.5 Å². The van der Waals surface area contributed by atoms with Crippen LogP contribution in [0.15, 0.2) is 48.5 Å². The monoisotopic (exact) mass is 572 g/mol. The standard InChI is InChI=1S/C22H24N2O4.C6H8O7/c1-15(25)11-24(12-16-6-9-19-21(10-16)28-14-27-19)13-18-8-7-17-4-3-5-20(26-2)22(17)23-18;7-3(8)1-6(13,5(11)12)2-4(9)10/h3-10,15,25H,11-14H2,1-2H3;13H,1-2H2,(H,7,8)(H,9,10)(H,11,12). The number of aliphatic hydroxyl groups is 2. The minimum absolute atomic E-state index is 0.263. The largest absolute Gasteiger partial charge is 0.494 e. The van der Waals surface area contributed by atoms with Gasteiger partial charge < -0.3 is 39.7 Å². The van der Waals surface area contributed by atoms with Gasteiger partial charge in [0.2, 0.25) is 6.79 Å². The summed E-state index contributed by atoms with van der Waals surface area (Å²) in [5.74, 6) is -2.72. The first kappa shape index (κ1) is 31.1. The topological polar surface area (TPSA) is 196 Å². The fraction of sp³-hybridized carbons (Fsp3) is 0.357. The Morgan fingerprint density at radius 2 is 1.68 bits per heavy atom. The third-order valence-corrected chi connectivity index (χ3v) is 6.00. The highest BCUT2D eigenvalue weighted by atomic mass is 16.7. The van der Waals surface area contributed by atoms with Gasteiger partial charge in [-0.1, -0.05) is 24.3 Å². The van der Waals surface area contributed by atoms with Gasteiger partial charge in [-0.2, -0.15) is 0 Å². The predicted octanol–water partition coefficient (Wildman–Crippen LogP) is 2.11. The maximum absolute atomic E-state index is 10.3. The van der Waals surface area contributed by atoms with Gasteiger partial charge in [-0.05, 0) is 36.8 Å². The number of pyridine rings is 1. The van der Waals surface area contributed by atoms with Crippen molar-refractivity contribution < 1.29 is 54.1 Å². The van der Waals surface area contributed by atoms with E-state index in [-0.39, 0.29) is 6.79 Å². The molecule has 0 saturated carbocycles. The Hall–Kier alpha value is -4.46. The van der Waals surface area contributed by atoms with Gasteiger partial charge in [0.05, 0.1) is 31.7 Å². The Labute approximate surface area is 235 Å². The number of nitrogens with zero attached hydrogens (tertiary/aromatic N) is 2. The molecule has 4 rings (SSSR count). The van der Waals surface area contributed by atoms with Crippen molar-refractivity contribution in [1.29, 1.82) is 0 Å². The van der Waals surface area contributed by atoms with E-state index in [1.54, 1.807) is 14.0 Å². The lowest BCUT2D eigenvalue weighted by molar-refractivity contribution is -0.170. The summed E-state index contributed by atoms with van der Waals surface area (Å²) in [6.07, 6.45) is -2.73. The zero-order valence-corrected chi connectivity index (χ0v) is 22.5. The zero-order valence-electron chi connectivity index (χ0n) is 22.5. The highest BCUT2D eigenvalue weighted by molar-refractivity contribution is 5.88. The number of fused-ring (bicyclic) bond motifs is 2. The number of aliphatic carboxylic acids is 3. The van der Waals surface area contributed by atoms with E-state index in [1.807, 2.05) is 42.5 Å². The minimum atomic E-state index is -2.74. The van der Waals surface area contributed by atoms with Crippen LogP contribution in [-0.2, 0) is 27.5 Å². The summed E-state index contributed by atoms with van der Waals surface area (Å²) in [6, 6.07) is 15.9. The molecule has 0 spiro atoms. The fourth-order valence-corrected chi connectivity index (χ4v) is 4.21. The van der Waals surface area contributed by atoms with Gasteiger partial charge in [-0.25, -0.2) is 9.78 Å². The van der Waals surface area contributed by atoms with Crippen LogP contribution in [0, 0.1) is 0 Å². The van der Waals surface area contributed by atoms with Gasteiger partial charge >= 0.3 is 17.9 Å². The average Bonchev–Trinajstić information content (AvgIpc) is 3.35. The molecule has 2 aromatic carbocycles. The molecule has 0 amide bonds. The van der Waals surface area contributed by atoms with Crippen LogP contribution < -0.4 is 14.2 Å². The molecule has 13 nitrogen and oxygen atoms in total. The maximum atomic E-state index is 10.3. The first-order chi connectivity index (χ1) is 19.4. The van der Waals surface area contributed by atoms with Crippen LogP contribution in [0.5, 0.6) is 17.2 Å². The molecule has 1 atom stereocenters. The van der Waals surface area contributed by atoms with Crippen molar-refractivity contribution in [1.82, 2.24) is 9.88 Å². The highest BCUT2D eigenvalue weighted by Gasteiger charge is 2.40. The van der Waals surface area contributed by atoms with Gasteiger partial charge in [-0.3, -0.25) is 14.5 Å². The summed E-state index contributed by atoms with van der Waals surface area (Å²) in [4.78, 5) is 37.5. The molecule has 3 aromatic rings. The number of aromatic nitrogens is 1. The molecule has 0 aliphatic carbocycles. The van der Waals surface area contributed by atoms with E-state index < -0.39 is 42.5 Å². The molecule has 0 fully saturated rings. The van der Waals surface area contributed by atoms with E-state index in [0.717, 1.165) is 39.4 Å². The Kier molecular flexibility index (Phi) is 10.4. The van der Waals surface area contributed by atoms with Gasteiger partial charge in [0.25, 0.3) is 0 Å². The van der Waals surface area contributed by atoms with E-state index >= 15 is 0 Å². The number of rotatable bonds is 12. The molecule has 220 valence electrons. The van der Waals surface area contributed by atoms with Crippen LogP contribution in [0.3, 0.4) is 0 Å². The summed E-state index contributed by atoms with van der Waals surface area (Å²) < 4.78 is 16.3. The fourth-order valence-electron chi connectivity index (χ4n) is 4.21. The molecule has 0 radical (unpaired) electrons. The molecular weight excluding hydrogens is 540 g/mol. The van der Waals surface area contributed by atoms with Gasteiger partial charge in [0.1, 0.15) is 11.3 Å². The lowest BCUT2D eigenvalue weighted by atomic mass is 9.96. The number of hydrogen-bond donors (Lipinski definition) is 5. The van der Waals surface area contributed by atoms with Crippen molar-refractivity contribution in [3.8, 4) is 17.2 Å². The third kappa shape index (κ3) is 8.76. The Balaban J connectivity index is 0.000000302. The lowest BCUT2D eigenvalue weighted by Gasteiger charge is -2.24. The van der Waals surface area contributed by atoms with Crippen molar-refractivity contribution in [3.05, 3.63) is 59.8 Å². The van der Waals surface area contributed by atoms with Gasteiger partial charge in [0.15, 0.2) is 17.1 Å². The number of hydrogen-bond acceptors (Lipinski definition) is 10. The summed E-state index contributed by atoms with van der Waals surface area (Å²) in [5.41, 5.74) is 0.140. The van der Waals surface area contributed by atoms with Crippen molar-refractivity contribution in [3.63, 3.8) is 0 Å². The lowest BCUT2D eigenvalue weighted by Crippen LogP contribution is -2.42. The molecule has 0 saturated heterocycles.